The number of benzene rings is 2. The number of hydrogen-bond donors (Lipinski definition) is 0. The van der Waals surface area contributed by atoms with Crippen molar-refractivity contribution in [3.63, 3.8) is 0 Å². The summed E-state index contributed by atoms with van der Waals surface area (Å²) in [5.74, 6) is -0.365. The fourth-order valence-corrected chi connectivity index (χ4v) is 3.35. The Kier molecular flexibility index (Phi) is 5.00. The molecule has 8 heteroatoms. The van der Waals surface area contributed by atoms with E-state index in [1.807, 2.05) is 24.3 Å². The van der Waals surface area contributed by atoms with Gasteiger partial charge in [0.2, 0.25) is 0 Å². The van der Waals surface area contributed by atoms with Gasteiger partial charge in [-0.1, -0.05) is 28.1 Å². The Labute approximate surface area is 155 Å². The molecule has 1 aliphatic heterocycles. The number of nitro groups is 1. The molecule has 0 unspecified atom stereocenters. The molecule has 0 aromatic heterocycles. The third-order valence-electron chi connectivity index (χ3n) is 3.53. The number of rotatable bonds is 4. The van der Waals surface area contributed by atoms with E-state index in [2.05, 4.69) is 15.9 Å². The molecule has 0 spiro atoms. The Morgan fingerprint density at radius 1 is 1.08 bits per heavy atom. The molecule has 2 aromatic carbocycles. The molecule has 0 bridgehead atoms. The van der Waals surface area contributed by atoms with Gasteiger partial charge in [-0.05, 0) is 53.2 Å². The van der Waals surface area contributed by atoms with Crippen LogP contribution in [0.3, 0.4) is 0 Å². The summed E-state index contributed by atoms with van der Waals surface area (Å²) < 4.78 is 0.920. The monoisotopic (exact) mass is 418 g/mol. The van der Waals surface area contributed by atoms with Crippen LogP contribution in [0.1, 0.15) is 11.1 Å². The zero-order chi connectivity index (χ0) is 18.0. The van der Waals surface area contributed by atoms with Gasteiger partial charge in [0.15, 0.2) is 0 Å². The summed E-state index contributed by atoms with van der Waals surface area (Å²) in [6.07, 6.45) is 1.57. The molecule has 126 valence electrons. The summed E-state index contributed by atoms with van der Waals surface area (Å²) >= 11 is 4.20. The Morgan fingerprint density at radius 2 is 1.72 bits per heavy atom. The average molecular weight is 419 g/mol. The second-order valence-corrected chi connectivity index (χ2v) is 7.15. The van der Waals surface area contributed by atoms with Crippen LogP contribution < -0.4 is 0 Å². The molecule has 0 saturated carbocycles. The van der Waals surface area contributed by atoms with Crippen molar-refractivity contribution < 1.29 is 14.5 Å². The molecular weight excluding hydrogens is 408 g/mol. The predicted octanol–water partition coefficient (Wildman–Crippen LogP) is 4.59. The molecule has 1 aliphatic rings. The van der Waals surface area contributed by atoms with E-state index < -0.39 is 4.92 Å². The van der Waals surface area contributed by atoms with Crippen molar-refractivity contribution in [3.05, 3.63) is 79.2 Å². The van der Waals surface area contributed by atoms with Crippen molar-refractivity contribution in [2.45, 2.75) is 6.54 Å². The SMILES string of the molecule is O=C1S/C(=C/c2ccc([N+](=O)[O-])cc2)C(=O)N1Cc1ccc(Br)cc1. The smallest absolute Gasteiger partial charge is 0.268 e. The van der Waals surface area contributed by atoms with Gasteiger partial charge >= 0.3 is 0 Å². The van der Waals surface area contributed by atoms with Gasteiger partial charge in [0.25, 0.3) is 16.8 Å². The molecule has 0 atom stereocenters. The fourth-order valence-electron chi connectivity index (χ4n) is 2.25. The van der Waals surface area contributed by atoms with Crippen LogP contribution in [0.4, 0.5) is 10.5 Å². The van der Waals surface area contributed by atoms with E-state index in [1.54, 1.807) is 18.2 Å². The highest BCUT2D eigenvalue weighted by atomic mass is 79.9. The van der Waals surface area contributed by atoms with Crippen molar-refractivity contribution >= 4 is 50.6 Å². The van der Waals surface area contributed by atoms with E-state index in [-0.39, 0.29) is 23.4 Å². The molecule has 0 aliphatic carbocycles. The Hall–Kier alpha value is -2.45. The summed E-state index contributed by atoms with van der Waals surface area (Å²) in [6, 6.07) is 13.2. The topological polar surface area (TPSA) is 80.5 Å². The second kappa shape index (κ2) is 7.20. The van der Waals surface area contributed by atoms with Crippen molar-refractivity contribution in [1.82, 2.24) is 4.90 Å². The first kappa shape index (κ1) is 17.4. The van der Waals surface area contributed by atoms with Gasteiger partial charge in [-0.3, -0.25) is 24.6 Å². The first-order valence-electron chi connectivity index (χ1n) is 7.18. The number of carbonyl (C=O) groups excluding carboxylic acids is 2. The third-order valence-corrected chi connectivity index (χ3v) is 4.97. The van der Waals surface area contributed by atoms with E-state index in [1.165, 1.54) is 17.0 Å². The van der Waals surface area contributed by atoms with E-state index in [4.69, 9.17) is 0 Å². The highest BCUT2D eigenvalue weighted by Gasteiger charge is 2.34. The molecule has 6 nitrogen and oxygen atoms in total. The number of amides is 2. The molecule has 1 heterocycles. The number of non-ortho nitro benzene ring substituents is 1. The number of nitrogens with zero attached hydrogens (tertiary/aromatic N) is 2. The molecule has 0 N–H and O–H groups in total. The molecule has 25 heavy (non-hydrogen) atoms. The summed E-state index contributed by atoms with van der Waals surface area (Å²) in [6.45, 7) is 0.204. The average Bonchev–Trinajstić information content (AvgIpc) is 2.85. The van der Waals surface area contributed by atoms with Gasteiger partial charge in [-0.2, -0.15) is 0 Å². The molecule has 2 amide bonds. The number of imide groups is 1. The number of hydrogen-bond acceptors (Lipinski definition) is 5. The molecule has 0 radical (unpaired) electrons. The number of halogens is 1. The van der Waals surface area contributed by atoms with E-state index in [0.717, 1.165) is 21.8 Å². The van der Waals surface area contributed by atoms with Crippen LogP contribution in [-0.4, -0.2) is 21.0 Å². The molecular formula is C17H11BrN2O4S. The number of thioether (sulfide) groups is 1. The Morgan fingerprint density at radius 3 is 2.32 bits per heavy atom. The normalized spacial score (nSPS) is 15.9. The van der Waals surface area contributed by atoms with Gasteiger partial charge in [0.05, 0.1) is 16.4 Å². The van der Waals surface area contributed by atoms with Crippen LogP contribution in [0.15, 0.2) is 57.9 Å². The lowest BCUT2D eigenvalue weighted by Gasteiger charge is -2.12. The van der Waals surface area contributed by atoms with Crippen LogP contribution in [-0.2, 0) is 11.3 Å². The Bertz CT molecular complexity index is 879. The molecule has 2 aromatic rings. The van der Waals surface area contributed by atoms with Gasteiger partial charge in [0.1, 0.15) is 0 Å². The lowest BCUT2D eigenvalue weighted by molar-refractivity contribution is -0.384. The van der Waals surface area contributed by atoms with E-state index in [9.17, 15) is 19.7 Å². The van der Waals surface area contributed by atoms with Crippen LogP contribution >= 0.6 is 27.7 Å². The van der Waals surface area contributed by atoms with Crippen molar-refractivity contribution in [2.24, 2.45) is 0 Å². The van der Waals surface area contributed by atoms with Crippen molar-refractivity contribution in [1.29, 1.82) is 0 Å². The highest BCUT2D eigenvalue weighted by molar-refractivity contribution is 9.10. The minimum atomic E-state index is -0.490. The maximum Gasteiger partial charge on any atom is 0.293 e. The van der Waals surface area contributed by atoms with Gasteiger partial charge < -0.3 is 0 Å². The second-order valence-electron chi connectivity index (χ2n) is 5.24. The van der Waals surface area contributed by atoms with Crippen LogP contribution in [0.2, 0.25) is 0 Å². The van der Waals surface area contributed by atoms with Crippen molar-refractivity contribution in [2.75, 3.05) is 0 Å². The molecule has 1 saturated heterocycles. The Balaban J connectivity index is 1.78. The standard InChI is InChI=1S/C17H11BrN2O4S/c18-13-5-1-12(2-6-13)10-19-16(21)15(25-17(19)22)9-11-3-7-14(8-4-11)20(23)24/h1-9H,10H2/b15-9+. The van der Waals surface area contributed by atoms with Gasteiger partial charge in [-0.25, -0.2) is 0 Å². The van der Waals surface area contributed by atoms with Gasteiger partial charge in [0, 0.05) is 16.6 Å². The summed E-state index contributed by atoms with van der Waals surface area (Å²) in [7, 11) is 0. The number of carbonyl (C=O) groups is 2. The first-order chi connectivity index (χ1) is 11.9. The quantitative estimate of drug-likeness (QED) is 0.411. The lowest BCUT2D eigenvalue weighted by atomic mass is 10.2. The predicted molar refractivity (Wildman–Crippen MR) is 98.8 cm³/mol. The van der Waals surface area contributed by atoms with E-state index >= 15 is 0 Å². The molecule has 1 fully saturated rings. The lowest BCUT2D eigenvalue weighted by Crippen LogP contribution is -2.27. The third kappa shape index (κ3) is 3.97. The summed E-state index contributed by atoms with van der Waals surface area (Å²) in [4.78, 5) is 36.3. The first-order valence-corrected chi connectivity index (χ1v) is 8.79. The maximum absolute atomic E-state index is 12.5. The van der Waals surface area contributed by atoms with E-state index in [0.29, 0.717) is 10.5 Å². The van der Waals surface area contributed by atoms with Crippen LogP contribution in [0.5, 0.6) is 0 Å². The van der Waals surface area contributed by atoms with Gasteiger partial charge in [-0.15, -0.1) is 0 Å². The summed E-state index contributed by atoms with van der Waals surface area (Å²) in [5.41, 5.74) is 1.45. The minimum absolute atomic E-state index is 0.0273. The zero-order valence-corrected chi connectivity index (χ0v) is 15.1. The largest absolute Gasteiger partial charge is 0.293 e. The highest BCUT2D eigenvalue weighted by Crippen LogP contribution is 2.33. The fraction of sp³-hybridized carbons (Fsp3) is 0.0588. The van der Waals surface area contributed by atoms with Crippen molar-refractivity contribution in [3.8, 4) is 0 Å². The van der Waals surface area contributed by atoms with Crippen LogP contribution in [0.25, 0.3) is 6.08 Å². The van der Waals surface area contributed by atoms with Crippen LogP contribution in [0, 0.1) is 10.1 Å². The maximum atomic E-state index is 12.5. The molecule has 3 rings (SSSR count). The zero-order valence-electron chi connectivity index (χ0n) is 12.7. The number of nitro benzene ring substituents is 1. The summed E-state index contributed by atoms with van der Waals surface area (Å²) in [5, 5.41) is 10.3. The minimum Gasteiger partial charge on any atom is -0.268 e.